The second kappa shape index (κ2) is 4.79. The van der Waals surface area contributed by atoms with Crippen LogP contribution in [0.3, 0.4) is 0 Å². The largest absolute Gasteiger partial charge is 0.508 e. The number of aryl methyl sites for hydroxylation is 1. The van der Waals surface area contributed by atoms with Crippen LogP contribution in [-0.4, -0.2) is 23.3 Å². The van der Waals surface area contributed by atoms with Crippen LogP contribution in [0.25, 0.3) is 0 Å². The molecular weight excluding hydrogens is 196 g/mol. The van der Waals surface area contributed by atoms with E-state index in [9.17, 15) is 15.0 Å². The quantitative estimate of drug-likeness (QED) is 0.738. The molecule has 0 saturated carbocycles. The van der Waals surface area contributed by atoms with Gasteiger partial charge in [0.2, 0.25) is 0 Å². The highest BCUT2D eigenvalue weighted by atomic mass is 16.5. The highest BCUT2D eigenvalue weighted by Crippen LogP contribution is 2.23. The Morgan fingerprint density at radius 3 is 2.73 bits per heavy atom. The minimum absolute atomic E-state index is 0.108. The molecular formula is C11H14O4. The lowest BCUT2D eigenvalue weighted by Gasteiger charge is -2.10. The van der Waals surface area contributed by atoms with E-state index in [0.717, 1.165) is 5.56 Å². The van der Waals surface area contributed by atoms with Crippen molar-refractivity contribution in [2.24, 2.45) is 0 Å². The Kier molecular flexibility index (Phi) is 3.68. The molecule has 0 fully saturated rings. The second-order valence-corrected chi connectivity index (χ2v) is 3.34. The lowest BCUT2D eigenvalue weighted by molar-refractivity contribution is -0.142. The summed E-state index contributed by atoms with van der Waals surface area (Å²) in [6.07, 6.45) is -1.05. The van der Waals surface area contributed by atoms with Gasteiger partial charge in [-0.2, -0.15) is 0 Å². The summed E-state index contributed by atoms with van der Waals surface area (Å²) in [5, 5.41) is 19.0. The van der Waals surface area contributed by atoms with Crippen molar-refractivity contribution in [2.45, 2.75) is 19.4 Å². The van der Waals surface area contributed by atoms with Crippen molar-refractivity contribution in [3.63, 3.8) is 0 Å². The fourth-order valence-corrected chi connectivity index (χ4v) is 1.19. The van der Waals surface area contributed by atoms with Crippen molar-refractivity contribution in [3.05, 3.63) is 29.3 Å². The average molecular weight is 210 g/mol. The monoisotopic (exact) mass is 210 g/mol. The maximum absolute atomic E-state index is 10.9. The number of hydrogen-bond acceptors (Lipinski definition) is 4. The molecule has 0 radical (unpaired) electrons. The van der Waals surface area contributed by atoms with Gasteiger partial charge < -0.3 is 14.9 Å². The lowest BCUT2D eigenvalue weighted by atomic mass is 10.0. The smallest absolute Gasteiger partial charge is 0.308 e. The van der Waals surface area contributed by atoms with Gasteiger partial charge in [0, 0.05) is 0 Å². The minimum atomic E-state index is -0.941. The van der Waals surface area contributed by atoms with Crippen molar-refractivity contribution in [1.82, 2.24) is 0 Å². The summed E-state index contributed by atoms with van der Waals surface area (Å²) in [5.74, 6) is -0.376. The molecule has 15 heavy (non-hydrogen) atoms. The highest BCUT2D eigenvalue weighted by molar-refractivity contribution is 5.70. The number of carbonyl (C=O) groups excluding carboxylic acids is 1. The Balaban J connectivity index is 2.78. The van der Waals surface area contributed by atoms with Gasteiger partial charge in [-0.3, -0.25) is 4.79 Å². The Morgan fingerprint density at radius 2 is 2.20 bits per heavy atom. The summed E-state index contributed by atoms with van der Waals surface area (Å²) < 4.78 is 4.43. The molecule has 4 nitrogen and oxygen atoms in total. The van der Waals surface area contributed by atoms with Gasteiger partial charge in [0.15, 0.2) is 0 Å². The molecule has 0 spiro atoms. The van der Waals surface area contributed by atoms with Crippen LogP contribution in [0.2, 0.25) is 0 Å². The summed E-state index contributed by atoms with van der Waals surface area (Å²) in [5.41, 5.74) is 1.23. The Labute approximate surface area is 88.1 Å². The molecule has 1 rings (SSSR count). The van der Waals surface area contributed by atoms with Crippen molar-refractivity contribution in [3.8, 4) is 5.75 Å². The summed E-state index contributed by atoms with van der Waals surface area (Å²) in [4.78, 5) is 10.9. The van der Waals surface area contributed by atoms with Gasteiger partial charge in [-0.1, -0.05) is 12.1 Å². The molecule has 1 aromatic carbocycles. The van der Waals surface area contributed by atoms with Gasteiger partial charge in [0.05, 0.1) is 19.6 Å². The number of ether oxygens (including phenoxy) is 1. The number of phenols is 1. The van der Waals surface area contributed by atoms with Crippen LogP contribution < -0.4 is 0 Å². The molecule has 2 N–H and O–H groups in total. The van der Waals surface area contributed by atoms with E-state index < -0.39 is 12.1 Å². The van der Waals surface area contributed by atoms with E-state index in [1.165, 1.54) is 13.2 Å². The first kappa shape index (κ1) is 11.5. The van der Waals surface area contributed by atoms with Crippen LogP contribution in [0.4, 0.5) is 0 Å². The van der Waals surface area contributed by atoms with Crippen LogP contribution in [0.1, 0.15) is 23.7 Å². The molecule has 1 atom stereocenters. The number of esters is 1. The van der Waals surface area contributed by atoms with Crippen molar-refractivity contribution in [2.75, 3.05) is 7.11 Å². The van der Waals surface area contributed by atoms with E-state index >= 15 is 0 Å². The van der Waals surface area contributed by atoms with E-state index in [1.807, 2.05) is 0 Å². The normalized spacial score (nSPS) is 12.2. The fraction of sp³-hybridized carbons (Fsp3) is 0.364. The zero-order valence-corrected chi connectivity index (χ0v) is 8.73. The maximum Gasteiger partial charge on any atom is 0.308 e. The highest BCUT2D eigenvalue weighted by Gasteiger charge is 2.14. The number of aromatic hydroxyl groups is 1. The molecule has 0 aliphatic carbocycles. The third-order valence-electron chi connectivity index (χ3n) is 2.21. The third kappa shape index (κ3) is 2.95. The van der Waals surface area contributed by atoms with Gasteiger partial charge >= 0.3 is 5.97 Å². The van der Waals surface area contributed by atoms with Crippen LogP contribution in [0.15, 0.2) is 18.2 Å². The summed E-state index contributed by atoms with van der Waals surface area (Å²) in [6, 6.07) is 4.80. The number of aliphatic hydroxyl groups excluding tert-OH is 1. The van der Waals surface area contributed by atoms with E-state index in [4.69, 9.17) is 0 Å². The van der Waals surface area contributed by atoms with Crippen LogP contribution in [0, 0.1) is 6.92 Å². The number of hydrogen-bond donors (Lipinski definition) is 2. The SMILES string of the molecule is COC(=O)C[C@@H](O)c1ccc(C)c(O)c1. The van der Waals surface area contributed by atoms with Gasteiger partial charge in [-0.15, -0.1) is 0 Å². The Bertz CT molecular complexity index is 360. The second-order valence-electron chi connectivity index (χ2n) is 3.34. The summed E-state index contributed by atoms with van der Waals surface area (Å²) in [7, 11) is 1.27. The summed E-state index contributed by atoms with van der Waals surface area (Å²) in [6.45, 7) is 1.76. The van der Waals surface area contributed by atoms with E-state index in [-0.39, 0.29) is 12.2 Å². The molecule has 0 aliphatic rings. The number of aliphatic hydroxyl groups is 1. The molecule has 0 unspecified atom stereocenters. The number of carbonyl (C=O) groups is 1. The Morgan fingerprint density at radius 1 is 1.53 bits per heavy atom. The lowest BCUT2D eigenvalue weighted by Crippen LogP contribution is -2.07. The van der Waals surface area contributed by atoms with Crippen molar-refractivity contribution >= 4 is 5.97 Å². The number of rotatable bonds is 3. The molecule has 82 valence electrons. The minimum Gasteiger partial charge on any atom is -0.508 e. The number of benzene rings is 1. The topological polar surface area (TPSA) is 66.8 Å². The molecule has 1 aromatic rings. The van der Waals surface area contributed by atoms with Crippen molar-refractivity contribution in [1.29, 1.82) is 0 Å². The molecule has 0 heterocycles. The molecule has 4 heteroatoms. The third-order valence-corrected chi connectivity index (χ3v) is 2.21. The standard InChI is InChI=1S/C11H14O4/c1-7-3-4-8(5-9(7)12)10(13)6-11(14)15-2/h3-5,10,12-13H,6H2,1-2H3/t10-/m1/s1. The van der Waals surface area contributed by atoms with Crippen LogP contribution in [-0.2, 0) is 9.53 Å². The predicted molar refractivity (Wildman–Crippen MR) is 54.4 cm³/mol. The van der Waals surface area contributed by atoms with Crippen LogP contribution in [0.5, 0.6) is 5.75 Å². The first-order valence-electron chi connectivity index (χ1n) is 4.59. The molecule has 0 aromatic heterocycles. The zero-order valence-electron chi connectivity index (χ0n) is 8.73. The van der Waals surface area contributed by atoms with E-state index in [0.29, 0.717) is 5.56 Å². The predicted octanol–water partition coefficient (Wildman–Crippen LogP) is 1.30. The molecule has 0 aliphatic heterocycles. The average Bonchev–Trinajstić information content (AvgIpc) is 2.21. The van der Waals surface area contributed by atoms with Gasteiger partial charge in [0.25, 0.3) is 0 Å². The number of phenolic OH excluding ortho intramolecular Hbond substituents is 1. The van der Waals surface area contributed by atoms with Crippen molar-refractivity contribution < 1.29 is 19.7 Å². The van der Waals surface area contributed by atoms with Gasteiger partial charge in [-0.05, 0) is 24.1 Å². The Hall–Kier alpha value is -1.55. The first-order valence-corrected chi connectivity index (χ1v) is 4.59. The molecule has 0 bridgehead atoms. The van der Waals surface area contributed by atoms with Gasteiger partial charge in [0.1, 0.15) is 5.75 Å². The zero-order chi connectivity index (χ0) is 11.4. The maximum atomic E-state index is 10.9. The van der Waals surface area contributed by atoms with E-state index in [1.54, 1.807) is 19.1 Å². The van der Waals surface area contributed by atoms with Crippen LogP contribution >= 0.6 is 0 Å². The van der Waals surface area contributed by atoms with E-state index in [2.05, 4.69) is 4.74 Å². The first-order chi connectivity index (χ1) is 7.04. The fourth-order valence-electron chi connectivity index (χ4n) is 1.19. The van der Waals surface area contributed by atoms with Gasteiger partial charge in [-0.25, -0.2) is 0 Å². The molecule has 0 amide bonds. The number of methoxy groups -OCH3 is 1. The summed E-state index contributed by atoms with van der Waals surface area (Å²) >= 11 is 0. The molecule has 0 saturated heterocycles.